The Bertz CT molecular complexity index is 357. The maximum absolute atomic E-state index is 11.8. The minimum Gasteiger partial charge on any atom is -0.481 e. The molecule has 0 aromatic rings. The molecule has 0 aliphatic carbocycles. The van der Waals surface area contributed by atoms with Gasteiger partial charge in [-0.15, -0.1) is 0 Å². The number of carbonyl (C=O) groups is 2. The lowest BCUT2D eigenvalue weighted by Crippen LogP contribution is -2.35. The Kier molecular flexibility index (Phi) is 16.7. The summed E-state index contributed by atoms with van der Waals surface area (Å²) >= 11 is 0. The summed E-state index contributed by atoms with van der Waals surface area (Å²) < 4.78 is 0. The van der Waals surface area contributed by atoms with Gasteiger partial charge in [0.25, 0.3) is 0 Å². The smallest absolute Gasteiger partial charge is 0.307 e. The normalized spacial score (nSPS) is 13.3. The van der Waals surface area contributed by atoms with E-state index < -0.39 is 17.8 Å². The SMILES string of the molecule is CCCCCCCCCCCCCCCCNC(=O)C(C)C(C)C(=O)O. The van der Waals surface area contributed by atoms with Crippen molar-refractivity contribution in [2.24, 2.45) is 11.8 Å². The number of carbonyl (C=O) groups excluding carboxylic acids is 1. The maximum Gasteiger partial charge on any atom is 0.307 e. The summed E-state index contributed by atoms with van der Waals surface area (Å²) in [5.41, 5.74) is 0. The van der Waals surface area contributed by atoms with Crippen molar-refractivity contribution in [1.82, 2.24) is 5.32 Å². The van der Waals surface area contributed by atoms with Gasteiger partial charge in [0.2, 0.25) is 5.91 Å². The third-order valence-electron chi connectivity index (χ3n) is 5.38. The predicted molar refractivity (Wildman–Crippen MR) is 109 cm³/mol. The highest BCUT2D eigenvalue weighted by Crippen LogP contribution is 2.13. The molecule has 4 heteroatoms. The van der Waals surface area contributed by atoms with Gasteiger partial charge in [0, 0.05) is 12.5 Å². The molecule has 0 aromatic carbocycles. The Balaban J connectivity index is 3.31. The largest absolute Gasteiger partial charge is 0.481 e. The number of hydrogen-bond acceptors (Lipinski definition) is 2. The third kappa shape index (κ3) is 14.1. The van der Waals surface area contributed by atoms with Gasteiger partial charge in [-0.1, -0.05) is 104 Å². The molecule has 0 aliphatic heterocycles. The molecule has 0 saturated carbocycles. The summed E-state index contributed by atoms with van der Waals surface area (Å²) in [7, 11) is 0. The molecule has 2 N–H and O–H groups in total. The molecule has 0 spiro atoms. The zero-order valence-electron chi connectivity index (χ0n) is 17.5. The summed E-state index contributed by atoms with van der Waals surface area (Å²) in [5.74, 6) is -2.16. The molecule has 154 valence electrons. The van der Waals surface area contributed by atoms with Crippen molar-refractivity contribution in [2.45, 2.75) is 111 Å². The Morgan fingerprint density at radius 3 is 1.46 bits per heavy atom. The highest BCUT2D eigenvalue weighted by molar-refractivity contribution is 5.84. The van der Waals surface area contributed by atoms with Crippen LogP contribution in [0.25, 0.3) is 0 Å². The van der Waals surface area contributed by atoms with E-state index in [9.17, 15) is 9.59 Å². The molecule has 0 aromatic heterocycles. The monoisotopic (exact) mass is 369 g/mol. The summed E-state index contributed by atoms with van der Waals surface area (Å²) in [5, 5.41) is 11.8. The summed E-state index contributed by atoms with van der Waals surface area (Å²) in [6.45, 7) is 6.19. The predicted octanol–water partition coefficient (Wildman–Crippen LogP) is 5.94. The quantitative estimate of drug-likeness (QED) is 0.294. The Labute approximate surface area is 161 Å². The number of carboxylic acids is 1. The van der Waals surface area contributed by atoms with Gasteiger partial charge < -0.3 is 10.4 Å². The van der Waals surface area contributed by atoms with Crippen LogP contribution in [-0.2, 0) is 9.59 Å². The average Bonchev–Trinajstić information content (AvgIpc) is 2.63. The van der Waals surface area contributed by atoms with Crippen LogP contribution in [0.4, 0.5) is 0 Å². The van der Waals surface area contributed by atoms with Crippen molar-refractivity contribution in [1.29, 1.82) is 0 Å². The Hall–Kier alpha value is -1.06. The molecule has 0 heterocycles. The molecule has 1 amide bonds. The van der Waals surface area contributed by atoms with Crippen molar-refractivity contribution in [2.75, 3.05) is 6.54 Å². The van der Waals surface area contributed by atoms with Crippen LogP contribution >= 0.6 is 0 Å². The molecule has 0 bridgehead atoms. The van der Waals surface area contributed by atoms with E-state index in [0.717, 1.165) is 12.8 Å². The van der Waals surface area contributed by atoms with Crippen LogP contribution in [0.2, 0.25) is 0 Å². The molecule has 4 nitrogen and oxygen atoms in total. The number of nitrogens with one attached hydrogen (secondary N) is 1. The van der Waals surface area contributed by atoms with Gasteiger partial charge in [-0.05, 0) is 6.42 Å². The minimum atomic E-state index is -0.913. The van der Waals surface area contributed by atoms with Crippen molar-refractivity contribution in [3.8, 4) is 0 Å². The lowest BCUT2D eigenvalue weighted by Gasteiger charge is -2.15. The van der Waals surface area contributed by atoms with Crippen molar-refractivity contribution in [3.05, 3.63) is 0 Å². The van der Waals surface area contributed by atoms with Gasteiger partial charge in [0.05, 0.1) is 5.92 Å². The van der Waals surface area contributed by atoms with Gasteiger partial charge >= 0.3 is 5.97 Å². The number of aliphatic carboxylic acids is 1. The van der Waals surface area contributed by atoms with E-state index in [-0.39, 0.29) is 5.91 Å². The molecule has 2 atom stereocenters. The molecular formula is C22H43NO3. The zero-order valence-corrected chi connectivity index (χ0v) is 17.5. The van der Waals surface area contributed by atoms with Crippen LogP contribution in [0.15, 0.2) is 0 Å². The summed E-state index contributed by atoms with van der Waals surface area (Å²) in [4.78, 5) is 22.7. The van der Waals surface area contributed by atoms with Crippen molar-refractivity contribution >= 4 is 11.9 Å². The molecule has 0 fully saturated rings. The van der Waals surface area contributed by atoms with Crippen LogP contribution in [0.1, 0.15) is 111 Å². The first kappa shape index (κ1) is 24.9. The van der Waals surface area contributed by atoms with E-state index in [1.807, 2.05) is 0 Å². The molecule has 0 radical (unpaired) electrons. The molecular weight excluding hydrogens is 326 g/mol. The van der Waals surface area contributed by atoms with Gasteiger partial charge in [0.15, 0.2) is 0 Å². The second-order valence-electron chi connectivity index (χ2n) is 7.80. The van der Waals surface area contributed by atoms with E-state index in [1.165, 1.54) is 77.0 Å². The summed E-state index contributed by atoms with van der Waals surface area (Å²) in [6.07, 6.45) is 18.5. The minimum absolute atomic E-state index is 0.144. The molecule has 26 heavy (non-hydrogen) atoms. The van der Waals surface area contributed by atoms with Gasteiger partial charge in [-0.25, -0.2) is 0 Å². The summed E-state index contributed by atoms with van der Waals surface area (Å²) in [6, 6.07) is 0. The van der Waals surface area contributed by atoms with Gasteiger partial charge in [-0.2, -0.15) is 0 Å². The topological polar surface area (TPSA) is 66.4 Å². The van der Waals surface area contributed by atoms with Crippen LogP contribution in [0.3, 0.4) is 0 Å². The Morgan fingerprint density at radius 1 is 0.692 bits per heavy atom. The van der Waals surface area contributed by atoms with Gasteiger partial charge in [0.1, 0.15) is 0 Å². The fourth-order valence-corrected chi connectivity index (χ4v) is 3.13. The van der Waals surface area contributed by atoms with E-state index in [2.05, 4.69) is 12.2 Å². The van der Waals surface area contributed by atoms with Crippen LogP contribution in [0.5, 0.6) is 0 Å². The fourth-order valence-electron chi connectivity index (χ4n) is 3.13. The van der Waals surface area contributed by atoms with E-state index in [1.54, 1.807) is 13.8 Å². The number of hydrogen-bond donors (Lipinski definition) is 2. The molecule has 0 saturated heterocycles. The third-order valence-corrected chi connectivity index (χ3v) is 5.38. The number of amides is 1. The second-order valence-corrected chi connectivity index (χ2v) is 7.80. The van der Waals surface area contributed by atoms with Gasteiger partial charge in [-0.3, -0.25) is 9.59 Å². The van der Waals surface area contributed by atoms with Crippen LogP contribution in [-0.4, -0.2) is 23.5 Å². The lowest BCUT2D eigenvalue weighted by atomic mass is 9.95. The standard InChI is InChI=1S/C22H43NO3/c1-4-5-6-7-8-9-10-11-12-13-14-15-16-17-18-23-21(24)19(2)20(3)22(25)26/h19-20H,4-18H2,1-3H3,(H,23,24)(H,25,26). The Morgan fingerprint density at radius 2 is 1.08 bits per heavy atom. The van der Waals surface area contributed by atoms with E-state index in [4.69, 9.17) is 5.11 Å². The van der Waals surface area contributed by atoms with Crippen molar-refractivity contribution in [3.63, 3.8) is 0 Å². The molecule has 2 unspecified atom stereocenters. The second kappa shape index (κ2) is 17.4. The highest BCUT2D eigenvalue weighted by Gasteiger charge is 2.25. The van der Waals surface area contributed by atoms with E-state index in [0.29, 0.717) is 6.54 Å². The van der Waals surface area contributed by atoms with Crippen LogP contribution < -0.4 is 5.32 Å². The first-order valence-corrected chi connectivity index (χ1v) is 11.0. The molecule has 0 aliphatic rings. The van der Waals surface area contributed by atoms with E-state index >= 15 is 0 Å². The maximum atomic E-state index is 11.8. The first-order chi connectivity index (χ1) is 12.5. The number of rotatable bonds is 18. The van der Waals surface area contributed by atoms with Crippen molar-refractivity contribution < 1.29 is 14.7 Å². The van der Waals surface area contributed by atoms with Crippen LogP contribution in [0, 0.1) is 11.8 Å². The lowest BCUT2D eigenvalue weighted by molar-refractivity contribution is -0.146. The first-order valence-electron chi connectivity index (χ1n) is 11.0. The average molecular weight is 370 g/mol. The highest BCUT2D eigenvalue weighted by atomic mass is 16.4. The molecule has 0 rings (SSSR count). The number of carboxylic acid groups (broad SMARTS) is 1. The zero-order chi connectivity index (χ0) is 19.6. The number of unbranched alkanes of at least 4 members (excludes halogenated alkanes) is 13. The fraction of sp³-hybridized carbons (Fsp3) is 0.909.